The zero-order valence-corrected chi connectivity index (χ0v) is 11.9. The molecule has 2 atom stereocenters. The first-order valence-corrected chi connectivity index (χ1v) is 7.27. The maximum atomic E-state index is 3.45. The molecule has 2 nitrogen and oxygen atoms in total. The second-order valence-corrected chi connectivity index (χ2v) is 5.58. The Labute approximate surface area is 111 Å². The van der Waals surface area contributed by atoms with Crippen molar-refractivity contribution in [3.63, 3.8) is 0 Å². The van der Waals surface area contributed by atoms with Crippen molar-refractivity contribution < 1.29 is 0 Å². The SMILES string of the molecule is CCNCC(C)CN1c2ccccc2CCC1C. The molecule has 1 aliphatic rings. The van der Waals surface area contributed by atoms with Gasteiger partial charge in [-0.05, 0) is 50.4 Å². The van der Waals surface area contributed by atoms with E-state index in [0.29, 0.717) is 12.0 Å². The Morgan fingerprint density at radius 1 is 1.39 bits per heavy atom. The van der Waals surface area contributed by atoms with Crippen molar-refractivity contribution in [1.82, 2.24) is 5.32 Å². The van der Waals surface area contributed by atoms with Crippen molar-refractivity contribution in [3.05, 3.63) is 29.8 Å². The third-order valence-electron chi connectivity index (χ3n) is 3.92. The number of fused-ring (bicyclic) bond motifs is 1. The van der Waals surface area contributed by atoms with Gasteiger partial charge >= 0.3 is 0 Å². The summed E-state index contributed by atoms with van der Waals surface area (Å²) >= 11 is 0. The Balaban J connectivity index is 2.07. The minimum absolute atomic E-state index is 0.670. The number of rotatable bonds is 5. The molecule has 1 aromatic carbocycles. The molecule has 0 radical (unpaired) electrons. The van der Waals surface area contributed by atoms with Gasteiger partial charge in [0.05, 0.1) is 0 Å². The minimum Gasteiger partial charge on any atom is -0.368 e. The molecule has 1 aromatic rings. The van der Waals surface area contributed by atoms with Gasteiger partial charge in [0.15, 0.2) is 0 Å². The first-order chi connectivity index (χ1) is 8.72. The lowest BCUT2D eigenvalue weighted by Gasteiger charge is -2.38. The monoisotopic (exact) mass is 246 g/mol. The number of benzene rings is 1. The average molecular weight is 246 g/mol. The molecular weight excluding hydrogens is 220 g/mol. The lowest BCUT2D eigenvalue weighted by Crippen LogP contribution is -2.42. The molecule has 0 fully saturated rings. The normalized spacial score (nSPS) is 20.6. The summed E-state index contributed by atoms with van der Waals surface area (Å²) < 4.78 is 0. The number of hydrogen-bond donors (Lipinski definition) is 1. The van der Waals surface area contributed by atoms with E-state index in [4.69, 9.17) is 0 Å². The highest BCUT2D eigenvalue weighted by atomic mass is 15.2. The van der Waals surface area contributed by atoms with E-state index in [1.807, 2.05) is 0 Å². The van der Waals surface area contributed by atoms with Crippen LogP contribution < -0.4 is 10.2 Å². The second kappa shape index (κ2) is 6.24. The molecule has 0 saturated carbocycles. The van der Waals surface area contributed by atoms with Gasteiger partial charge in [-0.2, -0.15) is 0 Å². The fourth-order valence-electron chi connectivity index (χ4n) is 2.83. The molecule has 2 rings (SSSR count). The van der Waals surface area contributed by atoms with Gasteiger partial charge in [0.25, 0.3) is 0 Å². The van der Waals surface area contributed by atoms with Crippen LogP contribution in [0.4, 0.5) is 5.69 Å². The minimum atomic E-state index is 0.670. The number of para-hydroxylation sites is 1. The highest BCUT2D eigenvalue weighted by Crippen LogP contribution is 2.30. The molecule has 0 aliphatic carbocycles. The van der Waals surface area contributed by atoms with Crippen molar-refractivity contribution in [2.45, 2.75) is 39.7 Å². The summed E-state index contributed by atoms with van der Waals surface area (Å²) in [5.41, 5.74) is 2.98. The van der Waals surface area contributed by atoms with Crippen LogP contribution in [0.2, 0.25) is 0 Å². The zero-order chi connectivity index (χ0) is 13.0. The van der Waals surface area contributed by atoms with E-state index in [1.54, 1.807) is 0 Å². The van der Waals surface area contributed by atoms with Crippen molar-refractivity contribution in [2.75, 3.05) is 24.5 Å². The summed E-state index contributed by atoms with van der Waals surface area (Å²) in [5, 5.41) is 3.45. The van der Waals surface area contributed by atoms with Gasteiger partial charge < -0.3 is 10.2 Å². The number of aryl methyl sites for hydroxylation is 1. The van der Waals surface area contributed by atoms with Gasteiger partial charge in [-0.1, -0.05) is 32.0 Å². The molecule has 2 heteroatoms. The Kier molecular flexibility index (Phi) is 4.65. The molecule has 1 heterocycles. The van der Waals surface area contributed by atoms with Crippen LogP contribution in [0, 0.1) is 5.92 Å². The van der Waals surface area contributed by atoms with Crippen molar-refractivity contribution in [1.29, 1.82) is 0 Å². The first kappa shape index (κ1) is 13.4. The third kappa shape index (κ3) is 3.05. The molecule has 0 aromatic heterocycles. The van der Waals surface area contributed by atoms with Crippen LogP contribution in [-0.2, 0) is 6.42 Å². The van der Waals surface area contributed by atoms with Gasteiger partial charge in [-0.15, -0.1) is 0 Å². The summed E-state index contributed by atoms with van der Waals surface area (Å²) in [6, 6.07) is 9.56. The molecular formula is C16H26N2. The van der Waals surface area contributed by atoms with Crippen molar-refractivity contribution in [2.24, 2.45) is 5.92 Å². The van der Waals surface area contributed by atoms with Crippen LogP contribution in [0.25, 0.3) is 0 Å². The van der Waals surface area contributed by atoms with Crippen molar-refractivity contribution in [3.8, 4) is 0 Å². The van der Waals surface area contributed by atoms with E-state index in [1.165, 1.54) is 24.1 Å². The standard InChI is InChI=1S/C16H26N2/c1-4-17-11-13(2)12-18-14(3)9-10-15-7-5-6-8-16(15)18/h5-8,13-14,17H,4,9-12H2,1-3H3. The van der Waals surface area contributed by atoms with Crippen LogP contribution in [-0.4, -0.2) is 25.7 Å². The van der Waals surface area contributed by atoms with Gasteiger partial charge in [-0.3, -0.25) is 0 Å². The van der Waals surface area contributed by atoms with Crippen LogP contribution in [0.15, 0.2) is 24.3 Å². The lowest BCUT2D eigenvalue weighted by atomic mass is 9.95. The van der Waals surface area contributed by atoms with Gasteiger partial charge in [0.2, 0.25) is 0 Å². The van der Waals surface area contributed by atoms with E-state index in [9.17, 15) is 0 Å². The fraction of sp³-hybridized carbons (Fsp3) is 0.625. The fourth-order valence-corrected chi connectivity index (χ4v) is 2.83. The number of nitrogens with zero attached hydrogens (tertiary/aromatic N) is 1. The van der Waals surface area contributed by atoms with E-state index in [-0.39, 0.29) is 0 Å². The Morgan fingerprint density at radius 3 is 2.94 bits per heavy atom. The van der Waals surface area contributed by atoms with E-state index in [0.717, 1.165) is 19.6 Å². The van der Waals surface area contributed by atoms with E-state index >= 15 is 0 Å². The third-order valence-corrected chi connectivity index (χ3v) is 3.92. The average Bonchev–Trinajstić information content (AvgIpc) is 2.40. The first-order valence-electron chi connectivity index (χ1n) is 7.27. The van der Waals surface area contributed by atoms with E-state index in [2.05, 4.69) is 55.3 Å². The van der Waals surface area contributed by atoms with Crippen LogP contribution in [0.3, 0.4) is 0 Å². The summed E-state index contributed by atoms with van der Waals surface area (Å²) in [5.74, 6) is 0.693. The maximum absolute atomic E-state index is 3.45. The highest BCUT2D eigenvalue weighted by molar-refractivity contribution is 5.56. The molecule has 18 heavy (non-hydrogen) atoms. The van der Waals surface area contributed by atoms with Gasteiger partial charge in [0.1, 0.15) is 0 Å². The van der Waals surface area contributed by atoms with Crippen LogP contribution in [0.5, 0.6) is 0 Å². The Bertz CT molecular complexity index is 375. The van der Waals surface area contributed by atoms with Crippen LogP contribution in [0.1, 0.15) is 32.8 Å². The predicted molar refractivity (Wildman–Crippen MR) is 79.3 cm³/mol. The number of hydrogen-bond acceptors (Lipinski definition) is 2. The molecule has 0 bridgehead atoms. The molecule has 100 valence electrons. The van der Waals surface area contributed by atoms with Gasteiger partial charge in [-0.25, -0.2) is 0 Å². The lowest BCUT2D eigenvalue weighted by molar-refractivity contribution is 0.467. The Hall–Kier alpha value is -1.02. The second-order valence-electron chi connectivity index (χ2n) is 5.58. The van der Waals surface area contributed by atoms with Gasteiger partial charge in [0, 0.05) is 18.3 Å². The van der Waals surface area contributed by atoms with E-state index < -0.39 is 0 Å². The molecule has 0 spiro atoms. The molecule has 0 saturated heterocycles. The summed E-state index contributed by atoms with van der Waals surface area (Å²) in [6.45, 7) is 10.2. The summed E-state index contributed by atoms with van der Waals surface area (Å²) in [7, 11) is 0. The summed E-state index contributed by atoms with van der Waals surface area (Å²) in [6.07, 6.45) is 2.51. The molecule has 1 aliphatic heterocycles. The molecule has 1 N–H and O–H groups in total. The summed E-state index contributed by atoms with van der Waals surface area (Å²) in [4.78, 5) is 2.60. The maximum Gasteiger partial charge on any atom is 0.0401 e. The predicted octanol–water partition coefficient (Wildman–Crippen LogP) is 3.07. The smallest absolute Gasteiger partial charge is 0.0401 e. The quantitative estimate of drug-likeness (QED) is 0.859. The topological polar surface area (TPSA) is 15.3 Å². The molecule has 2 unspecified atom stereocenters. The largest absolute Gasteiger partial charge is 0.368 e. The number of anilines is 1. The Morgan fingerprint density at radius 2 is 2.17 bits per heavy atom. The zero-order valence-electron chi connectivity index (χ0n) is 11.9. The molecule has 0 amide bonds. The number of nitrogens with one attached hydrogen (secondary N) is 1. The van der Waals surface area contributed by atoms with Crippen LogP contribution >= 0.6 is 0 Å². The highest BCUT2D eigenvalue weighted by Gasteiger charge is 2.23. The van der Waals surface area contributed by atoms with Crippen molar-refractivity contribution >= 4 is 5.69 Å².